The number of esters is 1. The minimum Gasteiger partial charge on any atom is -0.462 e. The summed E-state index contributed by atoms with van der Waals surface area (Å²) in [5.74, 6) is -0.458. The van der Waals surface area contributed by atoms with E-state index >= 15 is 0 Å². The fraction of sp³-hybridized carbons (Fsp3) is 0.931. The van der Waals surface area contributed by atoms with E-state index in [1.807, 2.05) is 0 Å². The number of carbonyl (C=O) groups is 2. The van der Waals surface area contributed by atoms with Crippen molar-refractivity contribution >= 4 is 11.9 Å². The van der Waals surface area contributed by atoms with E-state index in [0.717, 1.165) is 44.9 Å². The SMILES string of the molecule is CCCCCCCC/C=C/CCCCCCCCCC(=O)OC(CCCCCCCCCCCCC)CC(=O)NC(CO)C(O)CCCCCCCCCCCCCCCCCCC. The molecule has 0 radical (unpaired) electrons. The summed E-state index contributed by atoms with van der Waals surface area (Å²) >= 11 is 0. The van der Waals surface area contributed by atoms with Gasteiger partial charge in [-0.3, -0.25) is 9.59 Å². The van der Waals surface area contributed by atoms with Gasteiger partial charge in [0.15, 0.2) is 0 Å². The number of amides is 1. The predicted molar refractivity (Wildman–Crippen MR) is 278 cm³/mol. The van der Waals surface area contributed by atoms with Crippen LogP contribution in [0.25, 0.3) is 0 Å². The third-order valence-corrected chi connectivity index (χ3v) is 13.6. The van der Waals surface area contributed by atoms with Gasteiger partial charge in [0.05, 0.1) is 25.2 Å². The van der Waals surface area contributed by atoms with Crippen molar-refractivity contribution in [3.63, 3.8) is 0 Å². The first-order chi connectivity index (χ1) is 31.5. The fourth-order valence-electron chi connectivity index (χ4n) is 9.19. The molecule has 3 N–H and O–H groups in total. The van der Waals surface area contributed by atoms with Crippen LogP contribution in [0.5, 0.6) is 0 Å². The van der Waals surface area contributed by atoms with Crippen LogP contribution in [0.3, 0.4) is 0 Å². The van der Waals surface area contributed by atoms with E-state index in [2.05, 4.69) is 38.2 Å². The van der Waals surface area contributed by atoms with Crippen molar-refractivity contribution in [3.05, 3.63) is 12.2 Å². The monoisotopic (exact) mass is 904 g/mol. The number of ether oxygens (including phenoxy) is 1. The highest BCUT2D eigenvalue weighted by atomic mass is 16.5. The van der Waals surface area contributed by atoms with Gasteiger partial charge < -0.3 is 20.3 Å². The molecule has 0 spiro atoms. The van der Waals surface area contributed by atoms with Crippen molar-refractivity contribution in [1.29, 1.82) is 0 Å². The maximum absolute atomic E-state index is 13.2. The van der Waals surface area contributed by atoms with Gasteiger partial charge in [-0.2, -0.15) is 0 Å². The van der Waals surface area contributed by atoms with Crippen molar-refractivity contribution < 1.29 is 24.5 Å². The van der Waals surface area contributed by atoms with E-state index < -0.39 is 18.2 Å². The van der Waals surface area contributed by atoms with Crippen molar-refractivity contribution in [3.8, 4) is 0 Å². The minimum atomic E-state index is -0.783. The Morgan fingerprint density at radius 3 is 1.11 bits per heavy atom. The van der Waals surface area contributed by atoms with Crippen LogP contribution in [0.15, 0.2) is 12.2 Å². The molecule has 0 fully saturated rings. The molecule has 3 unspecified atom stereocenters. The highest BCUT2D eigenvalue weighted by molar-refractivity contribution is 5.77. The molecule has 1 amide bonds. The zero-order valence-electron chi connectivity index (χ0n) is 43.4. The number of aliphatic hydroxyl groups excluding tert-OH is 2. The third-order valence-electron chi connectivity index (χ3n) is 13.6. The first kappa shape index (κ1) is 62.6. The predicted octanol–water partition coefficient (Wildman–Crippen LogP) is 17.7. The molecule has 6 heteroatoms. The third kappa shape index (κ3) is 47.1. The molecule has 0 heterocycles. The Morgan fingerprint density at radius 1 is 0.438 bits per heavy atom. The number of unbranched alkanes of at least 4 members (excludes halogenated alkanes) is 39. The quantitative estimate of drug-likeness (QED) is 0.0321. The summed E-state index contributed by atoms with van der Waals surface area (Å²) in [6.45, 7) is 6.52. The lowest BCUT2D eigenvalue weighted by atomic mass is 10.0. The molecule has 380 valence electrons. The molecule has 64 heavy (non-hydrogen) atoms. The van der Waals surface area contributed by atoms with Crippen molar-refractivity contribution in [1.82, 2.24) is 5.32 Å². The van der Waals surface area contributed by atoms with Gasteiger partial charge in [0.2, 0.25) is 5.91 Å². The topological polar surface area (TPSA) is 95.9 Å². The average Bonchev–Trinajstić information content (AvgIpc) is 3.29. The first-order valence-corrected chi connectivity index (χ1v) is 28.9. The van der Waals surface area contributed by atoms with Gasteiger partial charge in [-0.15, -0.1) is 0 Å². The maximum atomic E-state index is 13.2. The van der Waals surface area contributed by atoms with E-state index in [-0.39, 0.29) is 24.9 Å². The van der Waals surface area contributed by atoms with Crippen molar-refractivity contribution in [2.75, 3.05) is 6.61 Å². The minimum absolute atomic E-state index is 0.0834. The summed E-state index contributed by atoms with van der Waals surface area (Å²) in [5, 5.41) is 23.9. The number of aliphatic hydroxyl groups is 2. The van der Waals surface area contributed by atoms with E-state index in [1.165, 1.54) is 231 Å². The molecule has 0 bridgehead atoms. The molecule has 0 aliphatic heterocycles. The number of allylic oxidation sites excluding steroid dienone is 2. The van der Waals surface area contributed by atoms with Gasteiger partial charge >= 0.3 is 5.97 Å². The molecule has 0 saturated heterocycles. The Kier molecular flexibility index (Phi) is 51.4. The smallest absolute Gasteiger partial charge is 0.306 e. The van der Waals surface area contributed by atoms with E-state index in [0.29, 0.717) is 19.3 Å². The van der Waals surface area contributed by atoms with Crippen molar-refractivity contribution in [2.45, 2.75) is 341 Å². The average molecular weight is 905 g/mol. The van der Waals surface area contributed by atoms with Gasteiger partial charge in [-0.25, -0.2) is 0 Å². The number of hydrogen-bond acceptors (Lipinski definition) is 5. The molecule has 0 aromatic heterocycles. The second-order valence-corrected chi connectivity index (χ2v) is 20.1. The summed E-state index contributed by atoms with van der Waals surface area (Å²) in [4.78, 5) is 26.2. The summed E-state index contributed by atoms with van der Waals surface area (Å²) in [5.41, 5.74) is 0. The number of nitrogens with one attached hydrogen (secondary N) is 1. The van der Waals surface area contributed by atoms with Gasteiger partial charge in [0, 0.05) is 6.42 Å². The van der Waals surface area contributed by atoms with E-state index in [4.69, 9.17) is 4.74 Å². The lowest BCUT2D eigenvalue weighted by Gasteiger charge is -2.24. The Bertz CT molecular complexity index is 970. The zero-order valence-corrected chi connectivity index (χ0v) is 43.4. The van der Waals surface area contributed by atoms with Gasteiger partial charge in [0.1, 0.15) is 6.10 Å². The Labute approximate surface area is 399 Å². The molecule has 0 rings (SSSR count). The normalized spacial score (nSPS) is 13.1. The highest BCUT2D eigenvalue weighted by Gasteiger charge is 2.24. The maximum Gasteiger partial charge on any atom is 0.306 e. The van der Waals surface area contributed by atoms with Crippen LogP contribution in [0.1, 0.15) is 323 Å². The molecule has 0 saturated carbocycles. The lowest BCUT2D eigenvalue weighted by Crippen LogP contribution is -2.46. The highest BCUT2D eigenvalue weighted by Crippen LogP contribution is 2.19. The second-order valence-electron chi connectivity index (χ2n) is 20.1. The van der Waals surface area contributed by atoms with Gasteiger partial charge in [-0.1, -0.05) is 270 Å². The van der Waals surface area contributed by atoms with Crippen LogP contribution >= 0.6 is 0 Å². The summed E-state index contributed by atoms with van der Waals surface area (Å²) < 4.78 is 5.95. The van der Waals surface area contributed by atoms with Crippen LogP contribution in [0.4, 0.5) is 0 Å². The molecule has 0 aliphatic carbocycles. The van der Waals surface area contributed by atoms with Crippen LogP contribution in [-0.2, 0) is 14.3 Å². The number of carbonyl (C=O) groups excluding carboxylic acids is 2. The Morgan fingerprint density at radius 2 is 0.750 bits per heavy atom. The first-order valence-electron chi connectivity index (χ1n) is 28.9. The summed E-state index contributed by atoms with van der Waals surface area (Å²) in [6.07, 6.45) is 59.9. The second kappa shape index (κ2) is 52.6. The Balaban J connectivity index is 4.42. The van der Waals surface area contributed by atoms with Crippen LogP contribution < -0.4 is 5.32 Å². The molecule has 0 aromatic rings. The zero-order chi connectivity index (χ0) is 46.7. The largest absolute Gasteiger partial charge is 0.462 e. The van der Waals surface area contributed by atoms with Gasteiger partial charge in [0.25, 0.3) is 0 Å². The van der Waals surface area contributed by atoms with Crippen LogP contribution in [0, 0.1) is 0 Å². The Hall–Kier alpha value is -1.40. The molecular formula is C58H113NO5. The molecule has 0 aromatic carbocycles. The fourth-order valence-corrected chi connectivity index (χ4v) is 9.19. The molecule has 3 atom stereocenters. The van der Waals surface area contributed by atoms with E-state index in [1.54, 1.807) is 0 Å². The van der Waals surface area contributed by atoms with Crippen molar-refractivity contribution in [2.24, 2.45) is 0 Å². The van der Waals surface area contributed by atoms with E-state index in [9.17, 15) is 19.8 Å². The number of rotatable bonds is 53. The van der Waals surface area contributed by atoms with Crippen LogP contribution in [-0.4, -0.2) is 46.9 Å². The molecule has 0 aliphatic rings. The summed E-state index contributed by atoms with van der Waals surface area (Å²) in [7, 11) is 0. The standard InChI is InChI=1S/C58H113NO5/c1-4-7-10-13-16-19-22-24-26-28-30-32-35-38-41-44-47-50-56(61)55(53-60)59-57(62)52-54(49-46-43-40-37-34-21-18-15-12-9-6-3)64-58(63)51-48-45-42-39-36-33-31-29-27-25-23-20-17-14-11-8-5-2/h25,27,54-56,60-61H,4-24,26,28-53H2,1-3H3,(H,59,62)/b27-25+. The lowest BCUT2D eigenvalue weighted by molar-refractivity contribution is -0.151. The summed E-state index contributed by atoms with van der Waals surface area (Å²) in [6, 6.07) is -0.696. The van der Waals surface area contributed by atoms with Gasteiger partial charge in [-0.05, 0) is 51.4 Å². The molecule has 6 nitrogen and oxygen atoms in total. The molecular weight excluding hydrogens is 791 g/mol. The number of hydrogen-bond donors (Lipinski definition) is 3. The van der Waals surface area contributed by atoms with Crippen LogP contribution in [0.2, 0.25) is 0 Å².